The van der Waals surface area contributed by atoms with E-state index in [4.69, 9.17) is 5.73 Å². The number of nitrogens with zero attached hydrogens (tertiary/aromatic N) is 2. The van der Waals surface area contributed by atoms with E-state index in [1.165, 1.54) is 0 Å². The first-order valence-corrected chi connectivity index (χ1v) is 4.41. The van der Waals surface area contributed by atoms with Crippen LogP contribution in [0.3, 0.4) is 0 Å². The summed E-state index contributed by atoms with van der Waals surface area (Å²) >= 11 is 0. The van der Waals surface area contributed by atoms with Crippen LogP contribution >= 0.6 is 12.4 Å². The minimum atomic E-state index is -0.0822. The summed E-state index contributed by atoms with van der Waals surface area (Å²) in [6.07, 6.45) is 1.82. The van der Waals surface area contributed by atoms with E-state index in [0.29, 0.717) is 5.69 Å². The molecule has 0 saturated carbocycles. The van der Waals surface area contributed by atoms with E-state index < -0.39 is 0 Å². The van der Waals surface area contributed by atoms with Crippen LogP contribution in [0.2, 0.25) is 0 Å². The number of aryl methyl sites for hydroxylation is 1. The summed E-state index contributed by atoms with van der Waals surface area (Å²) in [6.45, 7) is 1.83. The van der Waals surface area contributed by atoms with Gasteiger partial charge in [0.1, 0.15) is 11.3 Å². The van der Waals surface area contributed by atoms with Gasteiger partial charge in [-0.2, -0.15) is 0 Å². The summed E-state index contributed by atoms with van der Waals surface area (Å²) in [6, 6.07) is 5.61. The molecule has 80 valence electrons. The number of fused-ring (bicyclic) bond motifs is 1. The molecule has 0 fully saturated rings. The van der Waals surface area contributed by atoms with Crippen LogP contribution in [0, 0.1) is 6.92 Å². The van der Waals surface area contributed by atoms with Crippen LogP contribution < -0.4 is 5.73 Å². The van der Waals surface area contributed by atoms with E-state index in [1.807, 2.05) is 31.3 Å². The Bertz CT molecular complexity index is 492. The quantitative estimate of drug-likeness (QED) is 0.782. The lowest BCUT2D eigenvalue weighted by Gasteiger charge is -1.98. The van der Waals surface area contributed by atoms with Gasteiger partial charge in [-0.05, 0) is 19.1 Å². The van der Waals surface area contributed by atoms with Crippen molar-refractivity contribution in [2.24, 2.45) is 5.73 Å². The molecule has 0 spiro atoms. The number of halogens is 1. The van der Waals surface area contributed by atoms with Gasteiger partial charge >= 0.3 is 0 Å². The number of nitrogens with two attached hydrogens (primary N) is 1. The summed E-state index contributed by atoms with van der Waals surface area (Å²) in [5, 5.41) is 0. The normalized spacial score (nSPS) is 10.0. The number of rotatable bonds is 2. The summed E-state index contributed by atoms with van der Waals surface area (Å²) in [5.41, 5.74) is 7.43. The molecule has 2 aromatic heterocycles. The highest BCUT2D eigenvalue weighted by atomic mass is 35.5. The Hall–Kier alpha value is -1.39. The molecule has 4 nitrogen and oxygen atoms in total. The van der Waals surface area contributed by atoms with E-state index in [0.717, 1.165) is 11.3 Å². The molecule has 2 aromatic rings. The Morgan fingerprint density at radius 1 is 1.53 bits per heavy atom. The minimum absolute atomic E-state index is 0. The highest BCUT2D eigenvalue weighted by molar-refractivity contribution is 5.97. The predicted octanol–water partition coefficient (Wildman–Crippen LogP) is 1.21. The molecule has 0 aromatic carbocycles. The molecule has 0 radical (unpaired) electrons. The van der Waals surface area contributed by atoms with Gasteiger partial charge in [-0.25, -0.2) is 4.98 Å². The molecule has 0 atom stereocenters. The van der Waals surface area contributed by atoms with Crippen LogP contribution in [0.15, 0.2) is 24.4 Å². The molecule has 0 amide bonds. The van der Waals surface area contributed by atoms with Gasteiger partial charge in [0, 0.05) is 6.20 Å². The van der Waals surface area contributed by atoms with Crippen LogP contribution in [0.1, 0.15) is 16.2 Å². The third kappa shape index (κ3) is 1.86. The first-order valence-electron chi connectivity index (χ1n) is 4.41. The van der Waals surface area contributed by atoms with Crippen molar-refractivity contribution in [2.75, 3.05) is 6.54 Å². The molecule has 15 heavy (non-hydrogen) atoms. The second-order valence-corrected chi connectivity index (χ2v) is 3.10. The van der Waals surface area contributed by atoms with Gasteiger partial charge in [0.2, 0.25) is 0 Å². The van der Waals surface area contributed by atoms with Crippen molar-refractivity contribution < 1.29 is 4.79 Å². The molecule has 0 aliphatic rings. The summed E-state index contributed by atoms with van der Waals surface area (Å²) in [7, 11) is 0. The number of carbonyl (C=O) groups excluding carboxylic acids is 1. The molecule has 2 N–H and O–H groups in total. The maximum Gasteiger partial charge on any atom is 0.194 e. The highest BCUT2D eigenvalue weighted by Crippen LogP contribution is 2.11. The number of ketones is 1. The maximum absolute atomic E-state index is 11.5. The smallest absolute Gasteiger partial charge is 0.194 e. The zero-order valence-corrected chi connectivity index (χ0v) is 9.12. The highest BCUT2D eigenvalue weighted by Gasteiger charge is 2.13. The monoisotopic (exact) mass is 225 g/mol. The van der Waals surface area contributed by atoms with Crippen LogP contribution in [0.25, 0.3) is 5.65 Å². The molecule has 0 aliphatic heterocycles. The molecule has 0 aliphatic carbocycles. The number of aromatic nitrogens is 2. The van der Waals surface area contributed by atoms with Crippen molar-refractivity contribution in [3.05, 3.63) is 35.8 Å². The Kier molecular flexibility index (Phi) is 3.44. The summed E-state index contributed by atoms with van der Waals surface area (Å²) in [5.74, 6) is -0.0822. The van der Waals surface area contributed by atoms with Crippen molar-refractivity contribution in [1.29, 1.82) is 0 Å². The Labute approximate surface area is 93.5 Å². The van der Waals surface area contributed by atoms with E-state index in [1.54, 1.807) is 4.40 Å². The third-order valence-corrected chi connectivity index (χ3v) is 2.15. The average molecular weight is 226 g/mol. The zero-order valence-electron chi connectivity index (χ0n) is 8.30. The minimum Gasteiger partial charge on any atom is -0.324 e. The Balaban J connectivity index is 0.00000112. The fraction of sp³-hybridized carbons (Fsp3) is 0.200. The van der Waals surface area contributed by atoms with Crippen molar-refractivity contribution in [3.63, 3.8) is 0 Å². The number of pyridine rings is 1. The maximum atomic E-state index is 11.5. The van der Waals surface area contributed by atoms with Gasteiger partial charge in [0.05, 0.1) is 12.2 Å². The Morgan fingerprint density at radius 2 is 2.27 bits per heavy atom. The van der Waals surface area contributed by atoms with Crippen LogP contribution in [0.5, 0.6) is 0 Å². The fourth-order valence-corrected chi connectivity index (χ4v) is 1.55. The molecule has 2 rings (SSSR count). The molecular formula is C10H12ClN3O. The van der Waals surface area contributed by atoms with Crippen LogP contribution in [0.4, 0.5) is 0 Å². The second-order valence-electron chi connectivity index (χ2n) is 3.10. The van der Waals surface area contributed by atoms with Gasteiger partial charge in [0.25, 0.3) is 0 Å². The van der Waals surface area contributed by atoms with Crippen molar-refractivity contribution >= 4 is 23.8 Å². The van der Waals surface area contributed by atoms with Crippen molar-refractivity contribution in [3.8, 4) is 0 Å². The van der Waals surface area contributed by atoms with Gasteiger partial charge in [0.15, 0.2) is 5.78 Å². The fourth-order valence-electron chi connectivity index (χ4n) is 1.55. The van der Waals surface area contributed by atoms with E-state index in [2.05, 4.69) is 4.98 Å². The van der Waals surface area contributed by atoms with Crippen molar-refractivity contribution in [1.82, 2.24) is 9.38 Å². The largest absolute Gasteiger partial charge is 0.324 e. The first-order chi connectivity index (χ1) is 6.74. The van der Waals surface area contributed by atoms with Gasteiger partial charge in [-0.1, -0.05) is 6.07 Å². The molecular weight excluding hydrogens is 214 g/mol. The molecule has 0 unspecified atom stereocenters. The van der Waals surface area contributed by atoms with E-state index in [9.17, 15) is 4.79 Å². The van der Waals surface area contributed by atoms with Gasteiger partial charge in [-0.15, -0.1) is 12.4 Å². The number of Topliss-reactive ketones (excluding diaryl/α,β-unsaturated/α-hetero) is 1. The summed E-state index contributed by atoms with van der Waals surface area (Å²) < 4.78 is 1.77. The topological polar surface area (TPSA) is 60.4 Å². The lowest BCUT2D eigenvalue weighted by Crippen LogP contribution is -2.16. The number of carbonyl (C=O) groups is 1. The van der Waals surface area contributed by atoms with E-state index >= 15 is 0 Å². The first kappa shape index (κ1) is 11.7. The molecule has 5 heteroatoms. The zero-order chi connectivity index (χ0) is 10.1. The standard InChI is InChI=1S/C10H11N3O.ClH/c1-7-10(8(14)6-11)13-5-3-2-4-9(13)12-7;/h2-5H,6,11H2,1H3;1H. The van der Waals surface area contributed by atoms with Crippen molar-refractivity contribution in [2.45, 2.75) is 6.92 Å². The molecule has 0 saturated heterocycles. The second kappa shape index (κ2) is 4.42. The van der Waals surface area contributed by atoms with Crippen LogP contribution in [-0.4, -0.2) is 21.7 Å². The Morgan fingerprint density at radius 3 is 2.93 bits per heavy atom. The molecule has 2 heterocycles. The average Bonchev–Trinajstić information content (AvgIpc) is 2.53. The van der Waals surface area contributed by atoms with Gasteiger partial charge in [-0.3, -0.25) is 9.20 Å². The van der Waals surface area contributed by atoms with E-state index in [-0.39, 0.29) is 24.7 Å². The lowest BCUT2D eigenvalue weighted by molar-refractivity contribution is 0.0995. The summed E-state index contributed by atoms with van der Waals surface area (Å²) in [4.78, 5) is 15.8. The predicted molar refractivity (Wildman–Crippen MR) is 60.6 cm³/mol. The molecule has 0 bridgehead atoms. The van der Waals surface area contributed by atoms with Crippen LogP contribution in [-0.2, 0) is 0 Å². The number of imidazole rings is 1. The third-order valence-electron chi connectivity index (χ3n) is 2.15. The van der Waals surface area contributed by atoms with Gasteiger partial charge < -0.3 is 5.73 Å². The number of hydrogen-bond donors (Lipinski definition) is 1. The SMILES string of the molecule is Cc1nc2ccccn2c1C(=O)CN.Cl. The lowest BCUT2D eigenvalue weighted by atomic mass is 10.2. The number of hydrogen-bond acceptors (Lipinski definition) is 3.